The van der Waals surface area contributed by atoms with E-state index in [4.69, 9.17) is 5.14 Å². The molecule has 0 saturated carbocycles. The molecule has 0 bridgehead atoms. The van der Waals surface area contributed by atoms with Crippen LogP contribution in [0.3, 0.4) is 0 Å². The van der Waals surface area contributed by atoms with Crippen molar-refractivity contribution in [2.45, 2.75) is 17.4 Å². The molecule has 1 atom stereocenters. The SMILES string of the molecule is NS(=O)(=O)c1ccc(CCN[C@H](C(=O)c2c[nH]c3cccnc23)c2ccccc2)cc1. The van der Waals surface area contributed by atoms with E-state index in [0.29, 0.717) is 24.0 Å². The van der Waals surface area contributed by atoms with Gasteiger partial charge in [0.25, 0.3) is 0 Å². The fraction of sp³-hybridized carbons (Fsp3) is 0.130. The molecule has 0 spiro atoms. The monoisotopic (exact) mass is 434 g/mol. The van der Waals surface area contributed by atoms with Gasteiger partial charge in [-0.05, 0) is 41.8 Å². The Morgan fingerprint density at radius 3 is 2.48 bits per heavy atom. The van der Waals surface area contributed by atoms with Crippen molar-refractivity contribution in [3.8, 4) is 0 Å². The second-order valence-electron chi connectivity index (χ2n) is 7.20. The third kappa shape index (κ3) is 4.72. The maximum atomic E-state index is 13.4. The first kappa shape index (κ1) is 20.9. The van der Waals surface area contributed by atoms with Gasteiger partial charge in [-0.2, -0.15) is 0 Å². The first-order chi connectivity index (χ1) is 14.9. The van der Waals surface area contributed by atoms with E-state index in [9.17, 15) is 13.2 Å². The summed E-state index contributed by atoms with van der Waals surface area (Å²) in [5.41, 5.74) is 3.80. The van der Waals surface area contributed by atoms with Gasteiger partial charge in [0, 0.05) is 18.9 Å². The van der Waals surface area contributed by atoms with Crippen molar-refractivity contribution in [2.24, 2.45) is 5.14 Å². The highest BCUT2D eigenvalue weighted by Gasteiger charge is 2.24. The molecule has 8 heteroatoms. The van der Waals surface area contributed by atoms with Gasteiger partial charge in [-0.25, -0.2) is 13.6 Å². The summed E-state index contributed by atoms with van der Waals surface area (Å²) in [7, 11) is -3.71. The van der Waals surface area contributed by atoms with Crippen LogP contribution >= 0.6 is 0 Å². The first-order valence-corrected chi connectivity index (χ1v) is 11.3. The van der Waals surface area contributed by atoms with E-state index >= 15 is 0 Å². The Labute approximate surface area is 180 Å². The van der Waals surface area contributed by atoms with E-state index in [1.54, 1.807) is 24.5 Å². The molecule has 0 radical (unpaired) electrons. The summed E-state index contributed by atoms with van der Waals surface area (Å²) >= 11 is 0. The molecule has 7 nitrogen and oxygen atoms in total. The lowest BCUT2D eigenvalue weighted by molar-refractivity contribution is 0.0944. The molecular formula is C23H22N4O3S. The number of aromatic nitrogens is 2. The van der Waals surface area contributed by atoms with Crippen LogP contribution in [0, 0.1) is 0 Å². The van der Waals surface area contributed by atoms with Gasteiger partial charge < -0.3 is 10.3 Å². The molecule has 0 aliphatic carbocycles. The fourth-order valence-corrected chi connectivity index (χ4v) is 4.03. The first-order valence-electron chi connectivity index (χ1n) is 9.80. The number of pyridine rings is 1. The van der Waals surface area contributed by atoms with E-state index in [-0.39, 0.29) is 10.7 Å². The largest absolute Gasteiger partial charge is 0.359 e. The average molecular weight is 435 g/mol. The van der Waals surface area contributed by atoms with E-state index in [1.807, 2.05) is 42.5 Å². The summed E-state index contributed by atoms with van der Waals surface area (Å²) in [6.45, 7) is 0.524. The Kier molecular flexibility index (Phi) is 5.94. The van der Waals surface area contributed by atoms with Crippen LogP contribution in [0.2, 0.25) is 0 Å². The van der Waals surface area contributed by atoms with Gasteiger partial charge in [-0.1, -0.05) is 42.5 Å². The van der Waals surface area contributed by atoms with Crippen LogP contribution in [-0.4, -0.2) is 30.7 Å². The zero-order chi connectivity index (χ0) is 21.8. The molecule has 0 amide bonds. The van der Waals surface area contributed by atoms with Crippen molar-refractivity contribution in [3.05, 3.63) is 95.8 Å². The second kappa shape index (κ2) is 8.81. The minimum absolute atomic E-state index is 0.0688. The standard InChI is InChI=1S/C23H22N4O3S/c24-31(29,30)18-10-8-16(9-11-18)12-14-26-21(17-5-2-1-3-6-17)23(28)19-15-27-20-7-4-13-25-22(19)20/h1-11,13,15,21,26-27H,12,14H2,(H2,24,29,30)/t21-/m0/s1. The van der Waals surface area contributed by atoms with Gasteiger partial charge in [0.05, 0.1) is 27.5 Å². The number of nitrogens with zero attached hydrogens (tertiary/aromatic N) is 1. The van der Waals surface area contributed by atoms with Crippen LogP contribution in [0.25, 0.3) is 11.0 Å². The Balaban J connectivity index is 1.53. The number of carbonyl (C=O) groups excluding carboxylic acids is 1. The maximum absolute atomic E-state index is 13.4. The third-order valence-electron chi connectivity index (χ3n) is 5.11. The number of primary sulfonamides is 1. The zero-order valence-electron chi connectivity index (χ0n) is 16.7. The second-order valence-corrected chi connectivity index (χ2v) is 8.76. The van der Waals surface area contributed by atoms with Crippen molar-refractivity contribution in [1.29, 1.82) is 0 Å². The third-order valence-corrected chi connectivity index (χ3v) is 6.04. The quantitative estimate of drug-likeness (QED) is 0.369. The van der Waals surface area contributed by atoms with Gasteiger partial charge in [0.2, 0.25) is 10.0 Å². The Bertz CT molecular complexity index is 1300. The van der Waals surface area contributed by atoms with Crippen molar-refractivity contribution >= 4 is 26.8 Å². The normalized spacial score (nSPS) is 12.7. The predicted octanol–water partition coefficient (Wildman–Crippen LogP) is 2.97. The van der Waals surface area contributed by atoms with Crippen LogP contribution in [0.15, 0.2) is 84.0 Å². The van der Waals surface area contributed by atoms with Crippen molar-refractivity contribution in [1.82, 2.24) is 15.3 Å². The summed E-state index contributed by atoms with van der Waals surface area (Å²) in [5.74, 6) is -0.0688. The van der Waals surface area contributed by atoms with E-state index in [1.165, 1.54) is 12.1 Å². The smallest absolute Gasteiger partial charge is 0.238 e. The summed E-state index contributed by atoms with van der Waals surface area (Å²) in [5, 5.41) is 8.49. The molecule has 2 aromatic carbocycles. The Morgan fingerprint density at radius 2 is 1.77 bits per heavy atom. The summed E-state index contributed by atoms with van der Waals surface area (Å²) in [4.78, 5) is 21.0. The average Bonchev–Trinajstić information content (AvgIpc) is 3.21. The van der Waals surface area contributed by atoms with E-state index in [0.717, 1.165) is 16.6 Å². The van der Waals surface area contributed by atoms with E-state index in [2.05, 4.69) is 15.3 Å². The number of sulfonamides is 1. The molecule has 4 rings (SSSR count). The maximum Gasteiger partial charge on any atom is 0.238 e. The summed E-state index contributed by atoms with van der Waals surface area (Å²) in [6, 6.07) is 19.1. The minimum Gasteiger partial charge on any atom is -0.359 e. The molecule has 0 fully saturated rings. The van der Waals surface area contributed by atoms with Crippen molar-refractivity contribution in [3.63, 3.8) is 0 Å². The molecule has 4 aromatic rings. The number of aromatic amines is 1. The lowest BCUT2D eigenvalue weighted by Gasteiger charge is -2.18. The zero-order valence-corrected chi connectivity index (χ0v) is 17.5. The minimum atomic E-state index is -3.71. The lowest BCUT2D eigenvalue weighted by Crippen LogP contribution is -2.30. The van der Waals surface area contributed by atoms with Gasteiger partial charge >= 0.3 is 0 Å². The number of H-pyrrole nitrogens is 1. The lowest BCUT2D eigenvalue weighted by atomic mass is 9.98. The van der Waals surface area contributed by atoms with Gasteiger partial charge in [0.1, 0.15) is 0 Å². The summed E-state index contributed by atoms with van der Waals surface area (Å²) < 4.78 is 22.8. The van der Waals surface area contributed by atoms with Gasteiger partial charge in [0.15, 0.2) is 5.78 Å². The van der Waals surface area contributed by atoms with Crippen LogP contribution in [0.5, 0.6) is 0 Å². The molecule has 2 heterocycles. The van der Waals surface area contributed by atoms with Crippen LogP contribution in [0.1, 0.15) is 27.5 Å². The Hall–Kier alpha value is -3.33. The van der Waals surface area contributed by atoms with Crippen LogP contribution < -0.4 is 10.5 Å². The number of hydrogen-bond donors (Lipinski definition) is 3. The molecule has 0 aliphatic rings. The molecule has 0 aliphatic heterocycles. The van der Waals surface area contributed by atoms with Crippen LogP contribution in [0.4, 0.5) is 0 Å². The molecule has 0 saturated heterocycles. The number of nitrogens with one attached hydrogen (secondary N) is 2. The highest BCUT2D eigenvalue weighted by molar-refractivity contribution is 7.89. The number of rotatable bonds is 8. The number of hydrogen-bond acceptors (Lipinski definition) is 5. The number of fused-ring (bicyclic) bond motifs is 1. The molecule has 158 valence electrons. The van der Waals surface area contributed by atoms with E-state index < -0.39 is 16.1 Å². The topological polar surface area (TPSA) is 118 Å². The number of nitrogens with two attached hydrogens (primary N) is 1. The molecule has 4 N–H and O–H groups in total. The van der Waals surface area contributed by atoms with Crippen molar-refractivity contribution < 1.29 is 13.2 Å². The predicted molar refractivity (Wildman–Crippen MR) is 119 cm³/mol. The number of carbonyl (C=O) groups is 1. The fourth-order valence-electron chi connectivity index (χ4n) is 3.51. The molecule has 31 heavy (non-hydrogen) atoms. The number of ketones is 1. The van der Waals surface area contributed by atoms with Gasteiger partial charge in [-0.3, -0.25) is 9.78 Å². The molecular weight excluding hydrogens is 412 g/mol. The Morgan fingerprint density at radius 1 is 1.03 bits per heavy atom. The molecule has 0 unspecified atom stereocenters. The highest BCUT2D eigenvalue weighted by atomic mass is 32.2. The molecule has 2 aromatic heterocycles. The highest BCUT2D eigenvalue weighted by Crippen LogP contribution is 2.23. The summed E-state index contributed by atoms with van der Waals surface area (Å²) in [6.07, 6.45) is 3.99. The van der Waals surface area contributed by atoms with Crippen LogP contribution in [-0.2, 0) is 16.4 Å². The number of Topliss-reactive ketones (excluding diaryl/α,β-unsaturated/α-hetero) is 1. The number of benzene rings is 2. The van der Waals surface area contributed by atoms with Gasteiger partial charge in [-0.15, -0.1) is 0 Å². The van der Waals surface area contributed by atoms with Crippen molar-refractivity contribution in [2.75, 3.05) is 6.54 Å².